The summed E-state index contributed by atoms with van der Waals surface area (Å²) >= 11 is 5.95. The Morgan fingerprint density at radius 1 is 1.13 bits per heavy atom. The lowest BCUT2D eigenvalue weighted by molar-refractivity contribution is -0.116. The van der Waals surface area contributed by atoms with Gasteiger partial charge in [-0.05, 0) is 42.7 Å². The third-order valence-corrected chi connectivity index (χ3v) is 3.77. The van der Waals surface area contributed by atoms with Gasteiger partial charge in [0, 0.05) is 23.2 Å². The Morgan fingerprint density at radius 3 is 2.48 bits per heavy atom. The van der Waals surface area contributed by atoms with E-state index in [0.717, 1.165) is 16.8 Å². The summed E-state index contributed by atoms with van der Waals surface area (Å²) in [5.74, 6) is 1.17. The maximum absolute atomic E-state index is 12.2. The molecule has 0 aliphatic rings. The number of nitrogens with one attached hydrogen (secondary N) is 1. The molecule has 0 fully saturated rings. The Labute approximate surface area is 141 Å². The molecule has 1 N–H and O–H groups in total. The molecule has 4 nitrogen and oxygen atoms in total. The number of ether oxygens (including phenoxy) is 2. The van der Waals surface area contributed by atoms with Gasteiger partial charge in [-0.3, -0.25) is 4.79 Å². The Hall–Kier alpha value is -2.20. The van der Waals surface area contributed by atoms with Crippen LogP contribution in [0.25, 0.3) is 0 Å². The van der Waals surface area contributed by atoms with Crippen LogP contribution in [0.1, 0.15) is 17.5 Å². The van der Waals surface area contributed by atoms with Crippen LogP contribution in [-0.4, -0.2) is 20.1 Å². The zero-order valence-corrected chi connectivity index (χ0v) is 14.2. The minimum Gasteiger partial charge on any atom is -0.493 e. The van der Waals surface area contributed by atoms with Crippen molar-refractivity contribution in [3.63, 3.8) is 0 Å². The number of benzene rings is 2. The van der Waals surface area contributed by atoms with E-state index in [0.29, 0.717) is 29.4 Å². The predicted molar refractivity (Wildman–Crippen MR) is 92.7 cm³/mol. The molecule has 0 aromatic heterocycles. The van der Waals surface area contributed by atoms with E-state index in [1.165, 1.54) is 0 Å². The smallest absolute Gasteiger partial charge is 0.224 e. The molecule has 2 aromatic rings. The van der Waals surface area contributed by atoms with Gasteiger partial charge >= 0.3 is 0 Å². The van der Waals surface area contributed by atoms with Crippen LogP contribution in [0.5, 0.6) is 11.5 Å². The molecule has 0 aliphatic heterocycles. The average molecular weight is 334 g/mol. The van der Waals surface area contributed by atoms with Crippen molar-refractivity contribution in [1.29, 1.82) is 0 Å². The van der Waals surface area contributed by atoms with E-state index in [-0.39, 0.29) is 5.91 Å². The van der Waals surface area contributed by atoms with Gasteiger partial charge in [-0.1, -0.05) is 23.7 Å². The normalized spacial score (nSPS) is 10.3. The lowest BCUT2D eigenvalue weighted by atomic mass is 10.1. The molecule has 5 heteroatoms. The highest BCUT2D eigenvalue weighted by Crippen LogP contribution is 2.32. The number of anilines is 1. The number of hydrogen-bond acceptors (Lipinski definition) is 3. The molecule has 0 spiro atoms. The average Bonchev–Trinajstić information content (AvgIpc) is 2.54. The largest absolute Gasteiger partial charge is 0.493 e. The highest BCUT2D eigenvalue weighted by molar-refractivity contribution is 6.30. The number of rotatable bonds is 6. The zero-order chi connectivity index (χ0) is 16.8. The van der Waals surface area contributed by atoms with Crippen molar-refractivity contribution >= 4 is 23.2 Å². The zero-order valence-electron chi connectivity index (χ0n) is 13.5. The molecule has 122 valence electrons. The van der Waals surface area contributed by atoms with Crippen molar-refractivity contribution < 1.29 is 14.3 Å². The van der Waals surface area contributed by atoms with Crippen molar-refractivity contribution in [1.82, 2.24) is 0 Å². The fraction of sp³-hybridized carbons (Fsp3) is 0.278. The molecule has 0 unspecified atom stereocenters. The molecule has 2 aromatic carbocycles. The lowest BCUT2D eigenvalue weighted by Gasteiger charge is -2.13. The molecular formula is C18H20ClNO3. The van der Waals surface area contributed by atoms with Gasteiger partial charge in [0.15, 0.2) is 11.5 Å². The number of amides is 1. The molecule has 0 atom stereocenters. The SMILES string of the molecule is COc1cc(C)c(NC(=O)CCc2cccc(Cl)c2)cc1OC. The monoisotopic (exact) mass is 333 g/mol. The summed E-state index contributed by atoms with van der Waals surface area (Å²) in [5.41, 5.74) is 2.68. The van der Waals surface area contributed by atoms with E-state index in [1.54, 1.807) is 20.3 Å². The van der Waals surface area contributed by atoms with Gasteiger partial charge in [-0.2, -0.15) is 0 Å². The van der Waals surface area contributed by atoms with Crippen molar-refractivity contribution in [2.45, 2.75) is 19.8 Å². The molecule has 0 aliphatic carbocycles. The van der Waals surface area contributed by atoms with Crippen molar-refractivity contribution in [3.8, 4) is 11.5 Å². The highest BCUT2D eigenvalue weighted by atomic mass is 35.5. The maximum atomic E-state index is 12.2. The minimum atomic E-state index is -0.0553. The minimum absolute atomic E-state index is 0.0553. The first-order chi connectivity index (χ1) is 11.0. The van der Waals surface area contributed by atoms with Crippen LogP contribution in [0.2, 0.25) is 5.02 Å². The van der Waals surface area contributed by atoms with Gasteiger partial charge in [0.1, 0.15) is 0 Å². The maximum Gasteiger partial charge on any atom is 0.224 e. The number of aryl methyl sites for hydroxylation is 2. The molecular weight excluding hydrogens is 314 g/mol. The number of halogens is 1. The first kappa shape index (κ1) is 17.2. The second-order valence-corrected chi connectivity index (χ2v) is 5.64. The molecule has 1 amide bonds. The fourth-order valence-corrected chi connectivity index (χ4v) is 2.49. The molecule has 0 radical (unpaired) electrons. The summed E-state index contributed by atoms with van der Waals surface area (Å²) in [5, 5.41) is 3.59. The van der Waals surface area contributed by atoms with Gasteiger partial charge in [0.05, 0.1) is 14.2 Å². The van der Waals surface area contributed by atoms with Gasteiger partial charge < -0.3 is 14.8 Å². The fourth-order valence-electron chi connectivity index (χ4n) is 2.28. The highest BCUT2D eigenvalue weighted by Gasteiger charge is 2.11. The van der Waals surface area contributed by atoms with Crippen LogP contribution in [0.3, 0.4) is 0 Å². The van der Waals surface area contributed by atoms with E-state index in [2.05, 4.69) is 5.32 Å². The summed E-state index contributed by atoms with van der Waals surface area (Å²) in [6, 6.07) is 11.1. The third-order valence-electron chi connectivity index (χ3n) is 3.53. The van der Waals surface area contributed by atoms with Crippen LogP contribution in [0, 0.1) is 6.92 Å². The van der Waals surface area contributed by atoms with Crippen LogP contribution in [0.4, 0.5) is 5.69 Å². The summed E-state index contributed by atoms with van der Waals surface area (Å²) in [4.78, 5) is 12.2. The molecule has 0 bridgehead atoms. The third kappa shape index (κ3) is 4.63. The lowest BCUT2D eigenvalue weighted by Crippen LogP contribution is -2.13. The van der Waals surface area contributed by atoms with E-state index >= 15 is 0 Å². The number of carbonyl (C=O) groups is 1. The topological polar surface area (TPSA) is 47.6 Å². The van der Waals surface area contributed by atoms with Gasteiger partial charge in [-0.25, -0.2) is 0 Å². The van der Waals surface area contributed by atoms with Crippen molar-refractivity contribution in [2.24, 2.45) is 0 Å². The quantitative estimate of drug-likeness (QED) is 0.860. The van der Waals surface area contributed by atoms with Crippen molar-refractivity contribution in [2.75, 3.05) is 19.5 Å². The Morgan fingerprint density at radius 2 is 1.83 bits per heavy atom. The number of methoxy groups -OCH3 is 2. The van der Waals surface area contributed by atoms with E-state index in [9.17, 15) is 4.79 Å². The molecule has 0 saturated carbocycles. The van der Waals surface area contributed by atoms with E-state index < -0.39 is 0 Å². The predicted octanol–water partition coefficient (Wildman–Crippen LogP) is 4.24. The summed E-state index contributed by atoms with van der Waals surface area (Å²) in [6.45, 7) is 1.91. The second kappa shape index (κ2) is 7.88. The Balaban J connectivity index is 2.02. The Kier molecular flexibility index (Phi) is 5.88. The first-order valence-corrected chi connectivity index (χ1v) is 7.68. The van der Waals surface area contributed by atoms with Crippen molar-refractivity contribution in [3.05, 3.63) is 52.5 Å². The van der Waals surface area contributed by atoms with E-state index in [4.69, 9.17) is 21.1 Å². The summed E-state index contributed by atoms with van der Waals surface area (Å²) < 4.78 is 10.5. The number of carbonyl (C=O) groups excluding carboxylic acids is 1. The second-order valence-electron chi connectivity index (χ2n) is 5.20. The summed E-state index contributed by atoms with van der Waals surface area (Å²) in [6.07, 6.45) is 1.02. The van der Waals surface area contributed by atoms with Gasteiger partial charge in [0.25, 0.3) is 0 Å². The van der Waals surface area contributed by atoms with Crippen LogP contribution < -0.4 is 14.8 Å². The van der Waals surface area contributed by atoms with Crippen LogP contribution >= 0.6 is 11.6 Å². The number of hydrogen-bond donors (Lipinski definition) is 1. The standard InChI is InChI=1S/C18H20ClNO3/c1-12-9-16(22-2)17(23-3)11-15(12)20-18(21)8-7-13-5-4-6-14(19)10-13/h4-6,9-11H,7-8H2,1-3H3,(H,20,21). The van der Waals surface area contributed by atoms with Crippen LogP contribution in [-0.2, 0) is 11.2 Å². The van der Waals surface area contributed by atoms with Gasteiger partial charge in [0.2, 0.25) is 5.91 Å². The molecule has 0 saturated heterocycles. The van der Waals surface area contributed by atoms with E-state index in [1.807, 2.05) is 37.3 Å². The van der Waals surface area contributed by atoms with Crippen LogP contribution in [0.15, 0.2) is 36.4 Å². The first-order valence-electron chi connectivity index (χ1n) is 7.30. The Bertz CT molecular complexity index is 701. The molecule has 0 heterocycles. The molecule has 23 heavy (non-hydrogen) atoms. The summed E-state index contributed by atoms with van der Waals surface area (Å²) in [7, 11) is 3.15. The van der Waals surface area contributed by atoms with Gasteiger partial charge in [-0.15, -0.1) is 0 Å². The molecule has 2 rings (SSSR count).